The zero-order valence-corrected chi connectivity index (χ0v) is 25.4. The number of rotatable bonds is 7. The Kier molecular flexibility index (Phi) is 10.0. The fourth-order valence-electron chi connectivity index (χ4n) is 3.73. The summed E-state index contributed by atoms with van der Waals surface area (Å²) in [5, 5.41) is 25.4. The first-order chi connectivity index (χ1) is 18.0. The predicted molar refractivity (Wildman–Crippen MR) is 144 cm³/mol. The van der Waals surface area contributed by atoms with Gasteiger partial charge in [0.1, 0.15) is 10.6 Å². The van der Waals surface area contributed by atoms with Crippen molar-refractivity contribution in [3.63, 3.8) is 0 Å². The van der Waals surface area contributed by atoms with Crippen molar-refractivity contribution in [1.29, 1.82) is 0 Å². The van der Waals surface area contributed by atoms with Crippen molar-refractivity contribution in [1.82, 2.24) is 0 Å². The van der Waals surface area contributed by atoms with Gasteiger partial charge >= 0.3 is 29.6 Å². The molecule has 4 rings (SSSR count). The molecule has 0 bridgehead atoms. The molecule has 196 valence electrons. The van der Waals surface area contributed by atoms with E-state index in [9.17, 15) is 22.9 Å². The molecule has 39 heavy (non-hydrogen) atoms. The summed E-state index contributed by atoms with van der Waals surface area (Å²) < 4.78 is 38.4. The number of fused-ring (bicyclic) bond motifs is 1. The van der Waals surface area contributed by atoms with Crippen molar-refractivity contribution in [2.24, 2.45) is 10.2 Å². The Morgan fingerprint density at radius 1 is 1.08 bits per heavy atom. The number of carbonyl (C=O) groups excluding carboxylic acids is 1. The van der Waals surface area contributed by atoms with Gasteiger partial charge in [-0.2, -0.15) is 18.6 Å². The molecule has 0 radical (unpaired) electrons. The van der Waals surface area contributed by atoms with Crippen LogP contribution in [0.4, 0.5) is 17.1 Å². The number of hydrogen-bond acceptors (Lipinski definition) is 7. The molecule has 2 N–H and O–H groups in total. The van der Waals surface area contributed by atoms with Crippen molar-refractivity contribution in [3.8, 4) is 11.5 Å². The van der Waals surface area contributed by atoms with Gasteiger partial charge in [0.15, 0.2) is 0 Å². The molecule has 4 aromatic carbocycles. The van der Waals surface area contributed by atoms with Gasteiger partial charge in [-0.05, 0) is 55.1 Å². The maximum Gasteiger partial charge on any atom is 1.00 e. The fraction of sp³-hybridized carbons (Fsp3) is 0.115. The maximum absolute atomic E-state index is 13.4. The third-order valence-electron chi connectivity index (χ3n) is 5.49. The molecular weight excluding hydrogens is 576 g/mol. The van der Waals surface area contributed by atoms with Crippen molar-refractivity contribution in [2.75, 3.05) is 11.9 Å². The smallest absolute Gasteiger partial charge is 0.870 e. The summed E-state index contributed by atoms with van der Waals surface area (Å²) in [6.07, 6.45) is 0. The minimum atomic E-state index is -4.58. The first kappa shape index (κ1) is 30.8. The summed E-state index contributed by atoms with van der Waals surface area (Å²) in [4.78, 5) is 12.7. The van der Waals surface area contributed by atoms with E-state index in [2.05, 4.69) is 15.5 Å². The van der Waals surface area contributed by atoms with Crippen LogP contribution in [0.2, 0.25) is 10.0 Å². The van der Waals surface area contributed by atoms with Crippen LogP contribution in [-0.2, 0) is 10.1 Å². The number of amides is 1. The number of ether oxygens (including phenoxy) is 1. The molecule has 4 aromatic rings. The van der Waals surface area contributed by atoms with Gasteiger partial charge in [-0.25, -0.2) is 0 Å². The van der Waals surface area contributed by atoms with Crippen LogP contribution in [0, 0.1) is 6.92 Å². The molecule has 0 aromatic heterocycles. The van der Waals surface area contributed by atoms with Crippen molar-refractivity contribution >= 4 is 67.1 Å². The molecule has 0 aliphatic heterocycles. The van der Waals surface area contributed by atoms with Gasteiger partial charge in [0.2, 0.25) is 0 Å². The predicted octanol–water partition coefficient (Wildman–Crippen LogP) is 3.85. The Labute approximate surface area is 256 Å². The number of carbonyl (C=O) groups is 1. The van der Waals surface area contributed by atoms with E-state index >= 15 is 0 Å². The third kappa shape index (κ3) is 7.09. The van der Waals surface area contributed by atoms with Crippen LogP contribution < -0.4 is 44.7 Å². The van der Waals surface area contributed by atoms with E-state index in [0.29, 0.717) is 33.8 Å². The minimum Gasteiger partial charge on any atom is -0.870 e. The molecule has 1 amide bonds. The Balaban J connectivity index is 0.00000420. The van der Waals surface area contributed by atoms with Crippen LogP contribution in [0.25, 0.3) is 10.8 Å². The maximum atomic E-state index is 13.4. The Hall–Kier alpha value is -2.70. The molecule has 0 unspecified atom stereocenters. The largest absolute Gasteiger partial charge is 1.00 e. The van der Waals surface area contributed by atoms with Gasteiger partial charge in [-0.3, -0.25) is 9.35 Å². The fourth-order valence-corrected chi connectivity index (χ4v) is 5.00. The first-order valence-electron chi connectivity index (χ1n) is 11.1. The van der Waals surface area contributed by atoms with Crippen molar-refractivity contribution in [3.05, 3.63) is 81.8 Å². The average molecular weight is 596 g/mol. The van der Waals surface area contributed by atoms with Crippen molar-refractivity contribution in [2.45, 2.75) is 18.7 Å². The summed E-state index contributed by atoms with van der Waals surface area (Å²) in [5.41, 5.74) is 0.105. The molecule has 0 fully saturated rings. The van der Waals surface area contributed by atoms with Gasteiger partial charge in [0.05, 0.1) is 18.0 Å². The second-order valence-electron chi connectivity index (χ2n) is 8.11. The van der Waals surface area contributed by atoms with E-state index in [1.165, 1.54) is 25.1 Å². The van der Waals surface area contributed by atoms with E-state index in [-0.39, 0.29) is 57.1 Å². The van der Waals surface area contributed by atoms with Gasteiger partial charge in [0.25, 0.3) is 16.0 Å². The molecule has 9 nitrogen and oxygen atoms in total. The molecule has 0 spiro atoms. The van der Waals surface area contributed by atoms with E-state index in [0.717, 1.165) is 6.07 Å². The number of nitrogens with zero attached hydrogens (tertiary/aromatic N) is 2. The second-order valence-corrected chi connectivity index (χ2v) is 10.3. The monoisotopic (exact) mass is 595 g/mol. The number of nitrogens with one attached hydrogen (secondary N) is 1. The van der Waals surface area contributed by atoms with E-state index in [1.54, 1.807) is 36.4 Å². The van der Waals surface area contributed by atoms with Crippen LogP contribution in [-0.4, -0.2) is 25.5 Å². The Morgan fingerprint density at radius 3 is 2.49 bits per heavy atom. The normalized spacial score (nSPS) is 11.4. The molecule has 0 atom stereocenters. The standard InChI is InChI=1S/C26H21Cl2N3O6S.Na/c1-3-37-19-10-16(27)9-17(11-19)29-26(33)21-8-15-6-4-5-7-20(15)24(25(21)32)31-30-18-12-22(28)14(2)23(13-18)38(34,35)36;/h4-13,32H,3H2,1-2H3,(H,29,33)(H,34,35,36);/q;+1/p-1. The van der Waals surface area contributed by atoms with E-state index in [1.807, 2.05) is 6.92 Å². The van der Waals surface area contributed by atoms with Crippen LogP contribution in [0.15, 0.2) is 75.8 Å². The zero-order chi connectivity index (χ0) is 27.6. The molecular formula is C26H20Cl2N3NaO6S. The molecule has 0 saturated carbocycles. The van der Waals surface area contributed by atoms with E-state index in [4.69, 9.17) is 27.9 Å². The van der Waals surface area contributed by atoms with Gasteiger partial charge in [-0.15, -0.1) is 0 Å². The number of azo groups is 1. The van der Waals surface area contributed by atoms with Crippen LogP contribution in [0.5, 0.6) is 11.5 Å². The quantitative estimate of drug-likeness (QED) is 0.189. The number of anilines is 1. The van der Waals surface area contributed by atoms with Crippen LogP contribution in [0.3, 0.4) is 0 Å². The van der Waals surface area contributed by atoms with Crippen molar-refractivity contribution < 1.29 is 57.2 Å². The summed E-state index contributed by atoms with van der Waals surface area (Å²) in [6, 6.07) is 15.3. The molecule has 0 heterocycles. The summed E-state index contributed by atoms with van der Waals surface area (Å²) >= 11 is 12.2. The van der Waals surface area contributed by atoms with Crippen LogP contribution >= 0.6 is 23.2 Å². The molecule has 0 saturated heterocycles. The molecule has 0 aliphatic carbocycles. The average Bonchev–Trinajstić information content (AvgIpc) is 2.84. The summed E-state index contributed by atoms with van der Waals surface area (Å²) in [5.74, 6) is -0.953. The molecule has 13 heteroatoms. The first-order valence-corrected chi connectivity index (χ1v) is 13.3. The van der Waals surface area contributed by atoms with Crippen LogP contribution in [0.1, 0.15) is 22.8 Å². The SMILES string of the molecule is CCOc1cc(Cl)cc(NC(=O)c2cc3ccccc3c(N=Nc3cc(Cl)c(C)c(S(=O)(=O)O)c3)c2[O-])c1.[Na+]. The van der Waals surface area contributed by atoms with E-state index < -0.39 is 26.7 Å². The number of halogens is 2. The second kappa shape index (κ2) is 12.6. The summed E-state index contributed by atoms with van der Waals surface area (Å²) in [7, 11) is -4.58. The third-order valence-corrected chi connectivity index (χ3v) is 7.08. The Bertz CT molecular complexity index is 1710. The van der Waals surface area contributed by atoms with Gasteiger partial charge in [-0.1, -0.05) is 53.2 Å². The number of benzene rings is 4. The zero-order valence-electron chi connectivity index (χ0n) is 21.0. The topological polar surface area (TPSA) is 140 Å². The molecule has 0 aliphatic rings. The minimum absolute atomic E-state index is 0. The summed E-state index contributed by atoms with van der Waals surface area (Å²) in [6.45, 7) is 3.63. The number of hydrogen-bond donors (Lipinski definition) is 2. The Morgan fingerprint density at radius 2 is 1.79 bits per heavy atom. The van der Waals surface area contributed by atoms with Gasteiger partial charge < -0.3 is 15.2 Å². The van der Waals surface area contributed by atoms with Gasteiger partial charge in [0, 0.05) is 32.7 Å².